The van der Waals surface area contributed by atoms with Crippen molar-refractivity contribution in [3.63, 3.8) is 0 Å². The second kappa shape index (κ2) is 3.24. The van der Waals surface area contributed by atoms with Crippen molar-refractivity contribution in [1.82, 2.24) is 9.97 Å². The number of alkyl halides is 6. The molecule has 0 unspecified atom stereocenters. The van der Waals surface area contributed by atoms with Crippen LogP contribution in [0.1, 0.15) is 11.4 Å². The molecule has 0 saturated heterocycles. The third kappa shape index (κ3) is 2.48. The maximum atomic E-state index is 12.1. The van der Waals surface area contributed by atoms with Crippen molar-refractivity contribution in [1.29, 1.82) is 0 Å². The number of hydrogen-bond donors (Lipinski definition) is 1. The third-order valence-corrected chi connectivity index (χ3v) is 1.36. The van der Waals surface area contributed by atoms with Gasteiger partial charge in [0.05, 0.1) is 6.20 Å². The first-order valence-corrected chi connectivity index (χ1v) is 3.39. The first kappa shape index (κ1) is 11.5. The third-order valence-electron chi connectivity index (χ3n) is 1.36. The Balaban J connectivity index is 3.30. The Hall–Kier alpha value is -1.54. The topological polar surface area (TPSA) is 51.8 Å². The number of halogens is 6. The van der Waals surface area contributed by atoms with Gasteiger partial charge in [0.1, 0.15) is 0 Å². The van der Waals surface area contributed by atoms with Crippen molar-refractivity contribution in [2.45, 2.75) is 12.4 Å². The summed E-state index contributed by atoms with van der Waals surface area (Å²) in [5, 5.41) is 0. The molecule has 84 valence electrons. The van der Waals surface area contributed by atoms with Gasteiger partial charge in [0, 0.05) is 0 Å². The van der Waals surface area contributed by atoms with E-state index in [4.69, 9.17) is 5.73 Å². The molecule has 0 fully saturated rings. The molecule has 0 bridgehead atoms. The summed E-state index contributed by atoms with van der Waals surface area (Å²) in [7, 11) is 0. The molecule has 0 aliphatic heterocycles. The average Bonchev–Trinajstić information content (AvgIpc) is 2.00. The van der Waals surface area contributed by atoms with Crippen LogP contribution in [0, 0.1) is 0 Å². The summed E-state index contributed by atoms with van der Waals surface area (Å²) in [4.78, 5) is 5.16. The standard InChI is InChI=1S/C6H3F6N3/c7-5(8,9)2-1-14-4(13)3(15-2)6(10,11)12/h1H,(H2,13,14). The normalized spacial score (nSPS) is 12.9. The lowest BCUT2D eigenvalue weighted by Crippen LogP contribution is -2.18. The summed E-state index contributed by atoms with van der Waals surface area (Å²) in [5.74, 6) is -1.09. The summed E-state index contributed by atoms with van der Waals surface area (Å²) in [6.45, 7) is 0. The van der Waals surface area contributed by atoms with E-state index in [2.05, 4.69) is 9.97 Å². The van der Waals surface area contributed by atoms with Gasteiger partial charge in [0.2, 0.25) is 0 Å². The number of nitrogen functional groups attached to an aromatic ring is 1. The number of rotatable bonds is 0. The minimum Gasteiger partial charge on any atom is -0.382 e. The Morgan fingerprint density at radius 2 is 1.53 bits per heavy atom. The van der Waals surface area contributed by atoms with Crippen LogP contribution in [-0.4, -0.2) is 9.97 Å². The summed E-state index contributed by atoms with van der Waals surface area (Å²) in [6, 6.07) is 0. The highest BCUT2D eigenvalue weighted by Gasteiger charge is 2.40. The van der Waals surface area contributed by atoms with Gasteiger partial charge in [-0.15, -0.1) is 0 Å². The molecule has 1 heterocycles. The predicted molar refractivity (Wildman–Crippen MR) is 36.4 cm³/mol. The van der Waals surface area contributed by atoms with Gasteiger partial charge >= 0.3 is 12.4 Å². The molecule has 0 saturated carbocycles. The van der Waals surface area contributed by atoms with Crippen LogP contribution in [0.3, 0.4) is 0 Å². The summed E-state index contributed by atoms with van der Waals surface area (Å²) < 4.78 is 72.1. The molecule has 1 aromatic heterocycles. The van der Waals surface area contributed by atoms with Gasteiger partial charge in [-0.25, -0.2) is 9.97 Å². The lowest BCUT2D eigenvalue weighted by atomic mass is 10.3. The fourth-order valence-electron chi connectivity index (χ4n) is 0.744. The van der Waals surface area contributed by atoms with E-state index in [0.29, 0.717) is 0 Å². The first-order valence-electron chi connectivity index (χ1n) is 3.39. The lowest BCUT2D eigenvalue weighted by Gasteiger charge is -2.11. The molecule has 0 atom stereocenters. The van der Waals surface area contributed by atoms with Gasteiger partial charge in [-0.05, 0) is 0 Å². The molecule has 0 radical (unpaired) electrons. The molecule has 3 nitrogen and oxygen atoms in total. The molecule has 15 heavy (non-hydrogen) atoms. The average molecular weight is 231 g/mol. The Morgan fingerprint density at radius 3 is 1.93 bits per heavy atom. The molecule has 9 heteroatoms. The van der Waals surface area contributed by atoms with Crippen LogP contribution in [0.4, 0.5) is 32.2 Å². The Kier molecular flexibility index (Phi) is 2.49. The van der Waals surface area contributed by atoms with E-state index in [1.54, 1.807) is 0 Å². The number of nitrogens with two attached hydrogens (primary N) is 1. The van der Waals surface area contributed by atoms with Crippen molar-refractivity contribution >= 4 is 5.82 Å². The molecule has 1 aromatic rings. The van der Waals surface area contributed by atoms with Gasteiger partial charge in [-0.1, -0.05) is 0 Å². The molecule has 1 rings (SSSR count). The smallest absolute Gasteiger partial charge is 0.382 e. The zero-order chi connectivity index (χ0) is 11.9. The Bertz CT molecular complexity index is 368. The van der Waals surface area contributed by atoms with E-state index in [9.17, 15) is 26.3 Å². The van der Waals surface area contributed by atoms with E-state index in [1.165, 1.54) is 0 Å². The molecular weight excluding hydrogens is 228 g/mol. The minimum absolute atomic E-state index is 0.143. The van der Waals surface area contributed by atoms with Gasteiger partial charge in [0.15, 0.2) is 17.2 Å². The molecule has 2 N–H and O–H groups in total. The van der Waals surface area contributed by atoms with Crippen LogP contribution >= 0.6 is 0 Å². The Morgan fingerprint density at radius 1 is 1.00 bits per heavy atom. The number of hydrogen-bond acceptors (Lipinski definition) is 3. The van der Waals surface area contributed by atoms with E-state index in [1.807, 2.05) is 0 Å². The number of nitrogens with zero attached hydrogens (tertiary/aromatic N) is 2. The van der Waals surface area contributed by atoms with Crippen molar-refractivity contribution < 1.29 is 26.3 Å². The highest BCUT2D eigenvalue weighted by molar-refractivity contribution is 5.36. The zero-order valence-corrected chi connectivity index (χ0v) is 6.82. The van der Waals surface area contributed by atoms with Gasteiger partial charge in [-0.2, -0.15) is 26.3 Å². The first-order chi connectivity index (χ1) is 6.62. The molecule has 0 amide bonds. The van der Waals surface area contributed by atoms with Crippen LogP contribution in [0.15, 0.2) is 6.20 Å². The van der Waals surface area contributed by atoms with Crippen LogP contribution in [0.5, 0.6) is 0 Å². The summed E-state index contributed by atoms with van der Waals surface area (Å²) in [6.07, 6.45) is -9.90. The van der Waals surface area contributed by atoms with E-state index in [-0.39, 0.29) is 6.20 Å². The maximum absolute atomic E-state index is 12.1. The Labute approximate surface area is 78.9 Å². The molecule has 0 aliphatic rings. The van der Waals surface area contributed by atoms with Crippen molar-refractivity contribution in [2.75, 3.05) is 5.73 Å². The van der Waals surface area contributed by atoms with Crippen molar-refractivity contribution in [3.05, 3.63) is 17.6 Å². The fourth-order valence-corrected chi connectivity index (χ4v) is 0.744. The SMILES string of the molecule is Nc1ncc(C(F)(F)F)nc1C(F)(F)F. The fraction of sp³-hybridized carbons (Fsp3) is 0.333. The van der Waals surface area contributed by atoms with Crippen molar-refractivity contribution in [2.24, 2.45) is 0 Å². The van der Waals surface area contributed by atoms with Gasteiger partial charge < -0.3 is 5.73 Å². The largest absolute Gasteiger partial charge is 0.437 e. The van der Waals surface area contributed by atoms with Crippen LogP contribution in [-0.2, 0) is 12.4 Å². The predicted octanol–water partition coefficient (Wildman–Crippen LogP) is 2.10. The van der Waals surface area contributed by atoms with Crippen LogP contribution in [0.2, 0.25) is 0 Å². The van der Waals surface area contributed by atoms with E-state index in [0.717, 1.165) is 0 Å². The highest BCUT2D eigenvalue weighted by atomic mass is 19.4. The molecule has 0 aromatic carbocycles. The second-order valence-electron chi connectivity index (χ2n) is 2.48. The molecule has 0 aliphatic carbocycles. The van der Waals surface area contributed by atoms with E-state index < -0.39 is 29.6 Å². The second-order valence-corrected chi connectivity index (χ2v) is 2.48. The minimum atomic E-state index is -5.06. The lowest BCUT2D eigenvalue weighted by molar-refractivity contribution is -0.150. The van der Waals surface area contributed by atoms with Gasteiger partial charge in [-0.3, -0.25) is 0 Å². The summed E-state index contributed by atoms with van der Waals surface area (Å²) in [5.41, 5.74) is 1.19. The van der Waals surface area contributed by atoms with Crippen LogP contribution in [0.25, 0.3) is 0 Å². The number of anilines is 1. The maximum Gasteiger partial charge on any atom is 0.437 e. The van der Waals surface area contributed by atoms with Gasteiger partial charge in [0.25, 0.3) is 0 Å². The van der Waals surface area contributed by atoms with Crippen LogP contribution < -0.4 is 5.73 Å². The highest BCUT2D eigenvalue weighted by Crippen LogP contribution is 2.34. The molecule has 0 spiro atoms. The van der Waals surface area contributed by atoms with Crippen molar-refractivity contribution in [3.8, 4) is 0 Å². The number of aromatic nitrogens is 2. The quantitative estimate of drug-likeness (QED) is 0.695. The summed E-state index contributed by atoms with van der Waals surface area (Å²) >= 11 is 0. The zero-order valence-electron chi connectivity index (χ0n) is 6.82. The molecular formula is C6H3F6N3. The van der Waals surface area contributed by atoms with E-state index >= 15 is 0 Å². The monoisotopic (exact) mass is 231 g/mol.